The van der Waals surface area contributed by atoms with Gasteiger partial charge in [-0.15, -0.1) is 0 Å². The molecule has 0 saturated carbocycles. The number of aryl methyl sites for hydroxylation is 1. The van der Waals surface area contributed by atoms with E-state index >= 15 is 0 Å². The Kier molecular flexibility index (Phi) is 9.53. The van der Waals surface area contributed by atoms with Crippen LogP contribution in [0, 0.1) is 6.92 Å². The number of rotatable bonds is 11. The third kappa shape index (κ3) is 7.35. The lowest BCUT2D eigenvalue weighted by molar-refractivity contribution is -0.142. The molecule has 1 N–H and O–H groups in total. The van der Waals surface area contributed by atoms with Crippen LogP contribution in [0.2, 0.25) is 5.02 Å². The minimum atomic E-state index is -0.671. The molecule has 2 amide bonds. The summed E-state index contributed by atoms with van der Waals surface area (Å²) in [6, 6.07) is 23.8. The van der Waals surface area contributed by atoms with Crippen LogP contribution < -0.4 is 10.1 Å². The highest BCUT2D eigenvalue weighted by atomic mass is 35.5. The average Bonchev–Trinajstić information content (AvgIpc) is 2.85. The number of carbonyl (C=O) groups is 2. The molecule has 0 aliphatic carbocycles. The lowest BCUT2D eigenvalue weighted by Gasteiger charge is -2.32. The normalized spacial score (nSPS) is 11.5. The van der Waals surface area contributed by atoms with Gasteiger partial charge in [-0.25, -0.2) is 0 Å². The highest BCUT2D eigenvalue weighted by Crippen LogP contribution is 2.19. The summed E-state index contributed by atoms with van der Waals surface area (Å²) < 4.78 is 5.75. The van der Waals surface area contributed by atoms with E-state index in [2.05, 4.69) is 5.32 Å². The Labute approximate surface area is 206 Å². The highest BCUT2D eigenvalue weighted by molar-refractivity contribution is 6.30. The number of hydrogen-bond acceptors (Lipinski definition) is 3. The van der Waals surface area contributed by atoms with E-state index < -0.39 is 6.04 Å². The van der Waals surface area contributed by atoms with Gasteiger partial charge in [0.2, 0.25) is 5.91 Å². The molecule has 0 heterocycles. The molecule has 3 aromatic carbocycles. The monoisotopic (exact) mass is 478 g/mol. The van der Waals surface area contributed by atoms with Crippen molar-refractivity contribution in [2.45, 2.75) is 39.3 Å². The van der Waals surface area contributed by atoms with Crippen LogP contribution in [-0.4, -0.2) is 35.9 Å². The highest BCUT2D eigenvalue weighted by Gasteiger charge is 2.30. The Bertz CT molecular complexity index is 1070. The van der Waals surface area contributed by atoms with Gasteiger partial charge in [-0.3, -0.25) is 9.59 Å². The van der Waals surface area contributed by atoms with Crippen LogP contribution in [-0.2, 0) is 22.6 Å². The van der Waals surface area contributed by atoms with Crippen molar-refractivity contribution in [3.63, 3.8) is 0 Å². The molecule has 5 nitrogen and oxygen atoms in total. The van der Waals surface area contributed by atoms with E-state index in [1.807, 2.05) is 68.4 Å². The average molecular weight is 479 g/mol. The predicted molar refractivity (Wildman–Crippen MR) is 136 cm³/mol. The van der Waals surface area contributed by atoms with Gasteiger partial charge in [-0.05, 0) is 54.3 Å². The second kappa shape index (κ2) is 12.8. The first-order chi connectivity index (χ1) is 16.5. The van der Waals surface area contributed by atoms with E-state index in [1.54, 1.807) is 29.2 Å². The molecule has 6 heteroatoms. The van der Waals surface area contributed by atoms with Crippen LogP contribution in [0.5, 0.6) is 5.75 Å². The molecular weight excluding hydrogens is 448 g/mol. The Morgan fingerprint density at radius 2 is 1.65 bits per heavy atom. The molecule has 0 spiro atoms. The van der Waals surface area contributed by atoms with Gasteiger partial charge in [-0.2, -0.15) is 0 Å². The molecule has 0 fully saturated rings. The third-order valence-electron chi connectivity index (χ3n) is 5.60. The molecule has 0 radical (unpaired) electrons. The predicted octanol–water partition coefficient (Wildman–Crippen LogP) is 5.19. The summed E-state index contributed by atoms with van der Waals surface area (Å²) in [4.78, 5) is 28.4. The van der Waals surface area contributed by atoms with Crippen LogP contribution in [0.4, 0.5) is 0 Å². The minimum absolute atomic E-state index is 0.167. The van der Waals surface area contributed by atoms with E-state index in [9.17, 15) is 9.59 Å². The Morgan fingerprint density at radius 3 is 2.32 bits per heavy atom. The number of nitrogens with one attached hydrogen (secondary N) is 1. The quantitative estimate of drug-likeness (QED) is 0.412. The fourth-order valence-corrected chi connectivity index (χ4v) is 3.78. The molecule has 3 rings (SSSR count). The number of nitrogens with zero attached hydrogens (tertiary/aromatic N) is 1. The van der Waals surface area contributed by atoms with Gasteiger partial charge < -0.3 is 15.0 Å². The number of carbonyl (C=O) groups excluding carboxylic acids is 2. The molecule has 0 aromatic heterocycles. The van der Waals surface area contributed by atoms with Crippen molar-refractivity contribution in [1.29, 1.82) is 0 Å². The van der Waals surface area contributed by atoms with E-state index in [-0.39, 0.29) is 18.4 Å². The largest absolute Gasteiger partial charge is 0.484 e. The van der Waals surface area contributed by atoms with E-state index in [1.165, 1.54) is 0 Å². The topological polar surface area (TPSA) is 58.6 Å². The smallest absolute Gasteiger partial charge is 0.261 e. The second-order valence-electron chi connectivity index (χ2n) is 8.19. The summed E-state index contributed by atoms with van der Waals surface area (Å²) >= 11 is 5.95. The summed E-state index contributed by atoms with van der Waals surface area (Å²) in [5, 5.41) is 3.57. The van der Waals surface area contributed by atoms with Gasteiger partial charge in [0.1, 0.15) is 11.8 Å². The first kappa shape index (κ1) is 25.3. The van der Waals surface area contributed by atoms with Crippen molar-refractivity contribution >= 4 is 23.4 Å². The van der Waals surface area contributed by atoms with Gasteiger partial charge in [0, 0.05) is 24.5 Å². The molecule has 0 saturated heterocycles. The summed E-state index contributed by atoms with van der Waals surface area (Å²) in [5.74, 6) is 0.119. The molecule has 0 aliphatic rings. The molecule has 1 atom stereocenters. The number of halogens is 1. The summed E-state index contributed by atoms with van der Waals surface area (Å²) in [6.07, 6.45) is 1.23. The summed E-state index contributed by atoms with van der Waals surface area (Å²) in [5.41, 5.74) is 3.04. The van der Waals surface area contributed by atoms with Gasteiger partial charge in [0.25, 0.3) is 5.91 Å². The molecule has 34 heavy (non-hydrogen) atoms. The minimum Gasteiger partial charge on any atom is -0.484 e. The van der Waals surface area contributed by atoms with Crippen molar-refractivity contribution in [3.8, 4) is 5.75 Å². The Balaban J connectivity index is 1.89. The summed E-state index contributed by atoms with van der Waals surface area (Å²) in [7, 11) is 0. The lowest BCUT2D eigenvalue weighted by atomic mass is 10.0. The Hall–Kier alpha value is -3.31. The third-order valence-corrected chi connectivity index (χ3v) is 5.85. The fourth-order valence-electron chi connectivity index (χ4n) is 3.65. The number of benzene rings is 3. The lowest BCUT2D eigenvalue weighted by Crippen LogP contribution is -2.51. The van der Waals surface area contributed by atoms with Gasteiger partial charge >= 0.3 is 0 Å². The molecule has 0 unspecified atom stereocenters. The van der Waals surface area contributed by atoms with Crippen molar-refractivity contribution < 1.29 is 14.3 Å². The maximum Gasteiger partial charge on any atom is 0.261 e. The molecule has 3 aromatic rings. The Morgan fingerprint density at radius 1 is 0.971 bits per heavy atom. The standard InChI is InChI=1S/C28H31ClN2O3/c1-3-17-30-28(33)26(18-22-10-5-4-6-11-22)31(19-23-12-8-7-9-21(23)2)27(32)20-34-25-15-13-24(29)14-16-25/h4-16,26H,3,17-20H2,1-2H3,(H,30,33)/t26-/m1/s1. The molecule has 0 aliphatic heterocycles. The van der Waals surface area contributed by atoms with Crippen LogP contribution in [0.25, 0.3) is 0 Å². The zero-order chi connectivity index (χ0) is 24.3. The first-order valence-electron chi connectivity index (χ1n) is 11.5. The zero-order valence-electron chi connectivity index (χ0n) is 19.7. The number of hydrogen-bond donors (Lipinski definition) is 1. The van der Waals surface area contributed by atoms with Gasteiger partial charge in [0.15, 0.2) is 6.61 Å². The number of amides is 2. The number of ether oxygens (including phenoxy) is 1. The van der Waals surface area contributed by atoms with Gasteiger partial charge in [0.05, 0.1) is 0 Å². The van der Waals surface area contributed by atoms with Crippen molar-refractivity contribution in [1.82, 2.24) is 10.2 Å². The van der Waals surface area contributed by atoms with Crippen LogP contribution >= 0.6 is 11.6 Å². The maximum atomic E-state index is 13.5. The molecule has 0 bridgehead atoms. The SMILES string of the molecule is CCCNC(=O)[C@@H](Cc1ccccc1)N(Cc1ccccc1C)C(=O)COc1ccc(Cl)cc1. The van der Waals surface area contributed by atoms with Crippen LogP contribution in [0.3, 0.4) is 0 Å². The van der Waals surface area contributed by atoms with E-state index in [0.29, 0.717) is 30.3 Å². The van der Waals surface area contributed by atoms with Crippen molar-refractivity contribution in [2.24, 2.45) is 0 Å². The fraction of sp³-hybridized carbons (Fsp3) is 0.286. The molecule has 178 valence electrons. The summed E-state index contributed by atoms with van der Waals surface area (Å²) in [6.45, 7) is 4.69. The van der Waals surface area contributed by atoms with Crippen molar-refractivity contribution in [3.05, 3.63) is 101 Å². The van der Waals surface area contributed by atoms with E-state index in [0.717, 1.165) is 23.1 Å². The van der Waals surface area contributed by atoms with E-state index in [4.69, 9.17) is 16.3 Å². The van der Waals surface area contributed by atoms with Crippen LogP contribution in [0.15, 0.2) is 78.9 Å². The second-order valence-corrected chi connectivity index (χ2v) is 8.62. The van der Waals surface area contributed by atoms with Crippen molar-refractivity contribution in [2.75, 3.05) is 13.2 Å². The van der Waals surface area contributed by atoms with Gasteiger partial charge in [-0.1, -0.05) is 73.1 Å². The first-order valence-corrected chi connectivity index (χ1v) is 11.9. The zero-order valence-corrected chi connectivity index (χ0v) is 20.4. The van der Waals surface area contributed by atoms with Crippen LogP contribution in [0.1, 0.15) is 30.0 Å². The maximum absolute atomic E-state index is 13.5. The molecular formula is C28H31ClN2O3.